The molecule has 1 aromatic heterocycles. The molecule has 1 aliphatic rings. The van der Waals surface area contributed by atoms with Gasteiger partial charge in [0.25, 0.3) is 5.91 Å². The Balaban J connectivity index is 1.91. The number of hydrogen-bond acceptors (Lipinski definition) is 4. The average molecular weight is 340 g/mol. The van der Waals surface area contributed by atoms with E-state index < -0.39 is 0 Å². The minimum Gasteiger partial charge on any atom is -0.360 e. The van der Waals surface area contributed by atoms with Gasteiger partial charge in [0.2, 0.25) is 0 Å². The van der Waals surface area contributed by atoms with Crippen molar-refractivity contribution in [1.82, 2.24) is 15.8 Å². The molecule has 0 spiro atoms. The highest BCUT2D eigenvalue weighted by molar-refractivity contribution is 6.39. The first-order chi connectivity index (χ1) is 10.6. The Morgan fingerprint density at radius 1 is 1.41 bits per heavy atom. The van der Waals surface area contributed by atoms with E-state index in [0.29, 0.717) is 45.1 Å². The maximum absolute atomic E-state index is 12.5. The van der Waals surface area contributed by atoms with Gasteiger partial charge in [0.15, 0.2) is 0 Å². The molecule has 1 saturated heterocycles. The molecule has 0 aliphatic carbocycles. The van der Waals surface area contributed by atoms with E-state index in [1.54, 1.807) is 25.1 Å². The van der Waals surface area contributed by atoms with E-state index in [1.165, 1.54) is 0 Å². The Kier molecular flexibility index (Phi) is 4.38. The molecule has 3 rings (SSSR count). The lowest BCUT2D eigenvalue weighted by Crippen LogP contribution is -2.48. The summed E-state index contributed by atoms with van der Waals surface area (Å²) in [5.74, 6) is 0.684. The molecule has 1 fully saturated rings. The third kappa shape index (κ3) is 2.84. The van der Waals surface area contributed by atoms with Crippen LogP contribution in [0, 0.1) is 12.8 Å². The van der Waals surface area contributed by atoms with Crippen molar-refractivity contribution < 1.29 is 9.32 Å². The number of carbonyl (C=O) groups is 1. The van der Waals surface area contributed by atoms with Gasteiger partial charge >= 0.3 is 0 Å². The quantitative estimate of drug-likeness (QED) is 0.898. The highest BCUT2D eigenvalue weighted by atomic mass is 35.5. The standard InChI is InChI=1S/C15H15Cl2N3O2/c1-8-12(15(21)19-7-9-5-18-6-9)14(20-22-8)13-10(16)3-2-4-11(13)17/h2-4,9,18H,5-7H2,1H3,(H,19,21). The highest BCUT2D eigenvalue weighted by Crippen LogP contribution is 2.36. The number of benzene rings is 1. The first-order valence-corrected chi connectivity index (χ1v) is 7.73. The van der Waals surface area contributed by atoms with Gasteiger partial charge in [-0.15, -0.1) is 0 Å². The van der Waals surface area contributed by atoms with Crippen molar-refractivity contribution in [2.75, 3.05) is 19.6 Å². The summed E-state index contributed by atoms with van der Waals surface area (Å²) < 4.78 is 5.19. The van der Waals surface area contributed by atoms with Gasteiger partial charge in [-0.25, -0.2) is 0 Å². The van der Waals surface area contributed by atoms with Gasteiger partial charge in [0.1, 0.15) is 17.0 Å². The van der Waals surface area contributed by atoms with Gasteiger partial charge in [-0.3, -0.25) is 4.79 Å². The molecular weight excluding hydrogens is 325 g/mol. The summed E-state index contributed by atoms with van der Waals surface area (Å²) in [5, 5.41) is 10.9. The third-order valence-electron chi connectivity index (χ3n) is 3.71. The van der Waals surface area contributed by atoms with Crippen LogP contribution in [-0.4, -0.2) is 30.7 Å². The lowest BCUT2D eigenvalue weighted by molar-refractivity contribution is 0.0941. The lowest BCUT2D eigenvalue weighted by Gasteiger charge is -2.27. The zero-order chi connectivity index (χ0) is 15.7. The Labute approximate surface area is 138 Å². The summed E-state index contributed by atoms with van der Waals surface area (Å²) in [5.41, 5.74) is 1.26. The van der Waals surface area contributed by atoms with Gasteiger partial charge in [-0.1, -0.05) is 34.4 Å². The molecule has 2 aromatic rings. The summed E-state index contributed by atoms with van der Waals surface area (Å²) >= 11 is 12.4. The van der Waals surface area contributed by atoms with Crippen molar-refractivity contribution >= 4 is 29.1 Å². The van der Waals surface area contributed by atoms with Crippen LogP contribution in [0.25, 0.3) is 11.3 Å². The van der Waals surface area contributed by atoms with Gasteiger partial charge < -0.3 is 15.2 Å². The molecule has 2 heterocycles. The zero-order valence-electron chi connectivity index (χ0n) is 12.0. The maximum Gasteiger partial charge on any atom is 0.257 e. The summed E-state index contributed by atoms with van der Waals surface area (Å²) in [6, 6.07) is 5.15. The molecule has 0 radical (unpaired) electrons. The smallest absolute Gasteiger partial charge is 0.257 e. The topological polar surface area (TPSA) is 67.2 Å². The van der Waals surface area contributed by atoms with E-state index in [-0.39, 0.29) is 5.91 Å². The molecule has 0 unspecified atom stereocenters. The van der Waals surface area contributed by atoms with E-state index in [9.17, 15) is 4.79 Å². The molecular formula is C15H15Cl2N3O2. The van der Waals surface area contributed by atoms with Crippen LogP contribution in [0.2, 0.25) is 10.0 Å². The second kappa shape index (κ2) is 6.28. The van der Waals surface area contributed by atoms with Crippen LogP contribution in [0.3, 0.4) is 0 Å². The Morgan fingerprint density at radius 3 is 2.68 bits per heavy atom. The second-order valence-corrected chi connectivity index (χ2v) is 6.11. The van der Waals surface area contributed by atoms with Crippen LogP contribution < -0.4 is 10.6 Å². The molecule has 5 nitrogen and oxygen atoms in total. The fourth-order valence-corrected chi connectivity index (χ4v) is 2.93. The van der Waals surface area contributed by atoms with Crippen LogP contribution >= 0.6 is 23.2 Å². The van der Waals surface area contributed by atoms with Crippen molar-refractivity contribution in [3.8, 4) is 11.3 Å². The fraction of sp³-hybridized carbons (Fsp3) is 0.333. The van der Waals surface area contributed by atoms with Gasteiger partial charge in [0, 0.05) is 31.1 Å². The van der Waals surface area contributed by atoms with Crippen molar-refractivity contribution in [2.45, 2.75) is 6.92 Å². The molecule has 1 aromatic carbocycles. The van der Waals surface area contributed by atoms with Crippen LogP contribution in [0.5, 0.6) is 0 Å². The van der Waals surface area contributed by atoms with Crippen molar-refractivity contribution in [2.24, 2.45) is 5.92 Å². The molecule has 7 heteroatoms. The van der Waals surface area contributed by atoms with Gasteiger partial charge in [-0.05, 0) is 19.1 Å². The monoisotopic (exact) mass is 339 g/mol. The molecule has 116 valence electrons. The van der Waals surface area contributed by atoms with Crippen molar-refractivity contribution in [3.05, 3.63) is 39.6 Å². The van der Waals surface area contributed by atoms with E-state index in [0.717, 1.165) is 13.1 Å². The Hall–Kier alpha value is -1.56. The first-order valence-electron chi connectivity index (χ1n) is 6.97. The van der Waals surface area contributed by atoms with Gasteiger partial charge in [-0.2, -0.15) is 0 Å². The van der Waals surface area contributed by atoms with Crippen LogP contribution in [0.1, 0.15) is 16.1 Å². The summed E-state index contributed by atoms with van der Waals surface area (Å²) in [6.45, 7) is 4.16. The number of halogens is 2. The van der Waals surface area contributed by atoms with Crippen molar-refractivity contribution in [1.29, 1.82) is 0 Å². The van der Waals surface area contributed by atoms with E-state index >= 15 is 0 Å². The fourth-order valence-electron chi connectivity index (χ4n) is 2.35. The van der Waals surface area contributed by atoms with Gasteiger partial charge in [0.05, 0.1) is 10.0 Å². The lowest BCUT2D eigenvalue weighted by atomic mass is 10.0. The van der Waals surface area contributed by atoms with Crippen LogP contribution in [0.4, 0.5) is 0 Å². The molecule has 0 atom stereocenters. The molecule has 22 heavy (non-hydrogen) atoms. The summed E-state index contributed by atoms with van der Waals surface area (Å²) in [7, 11) is 0. The molecule has 1 amide bonds. The molecule has 1 aliphatic heterocycles. The number of rotatable bonds is 4. The highest BCUT2D eigenvalue weighted by Gasteiger charge is 2.26. The zero-order valence-corrected chi connectivity index (χ0v) is 13.5. The minimum atomic E-state index is -0.225. The van der Waals surface area contributed by atoms with E-state index in [1.807, 2.05) is 0 Å². The normalized spacial score (nSPS) is 14.7. The number of carbonyl (C=O) groups excluding carboxylic acids is 1. The summed E-state index contributed by atoms with van der Waals surface area (Å²) in [6.07, 6.45) is 0. The third-order valence-corrected chi connectivity index (χ3v) is 4.34. The number of nitrogens with zero attached hydrogens (tertiary/aromatic N) is 1. The maximum atomic E-state index is 12.5. The van der Waals surface area contributed by atoms with E-state index in [2.05, 4.69) is 15.8 Å². The minimum absolute atomic E-state index is 0.225. The Morgan fingerprint density at radius 2 is 2.09 bits per heavy atom. The summed E-state index contributed by atoms with van der Waals surface area (Å²) in [4.78, 5) is 12.5. The average Bonchev–Trinajstić information content (AvgIpc) is 2.78. The predicted octanol–water partition coefficient (Wildman–Crippen LogP) is 2.91. The number of hydrogen-bond donors (Lipinski definition) is 2. The molecule has 0 saturated carbocycles. The van der Waals surface area contributed by atoms with Crippen molar-refractivity contribution in [3.63, 3.8) is 0 Å². The van der Waals surface area contributed by atoms with E-state index in [4.69, 9.17) is 27.7 Å². The first kappa shape index (κ1) is 15.3. The van der Waals surface area contributed by atoms with Crippen LogP contribution in [-0.2, 0) is 0 Å². The number of nitrogens with one attached hydrogen (secondary N) is 2. The SMILES string of the molecule is Cc1onc(-c2c(Cl)cccc2Cl)c1C(=O)NCC1CNC1. The largest absolute Gasteiger partial charge is 0.360 e. The Bertz CT molecular complexity index is 691. The second-order valence-electron chi connectivity index (χ2n) is 5.29. The number of aromatic nitrogens is 1. The molecule has 2 N–H and O–H groups in total. The number of aryl methyl sites for hydroxylation is 1. The van der Waals surface area contributed by atoms with Crippen LogP contribution in [0.15, 0.2) is 22.7 Å². The predicted molar refractivity (Wildman–Crippen MR) is 85.4 cm³/mol. The molecule has 0 bridgehead atoms. The number of amides is 1.